The number of hydrogen-bond donors (Lipinski definition) is 0. The number of nitrogens with zero attached hydrogens (tertiary/aromatic N) is 3. The van der Waals surface area contributed by atoms with Crippen molar-refractivity contribution < 1.29 is 30.7 Å². The van der Waals surface area contributed by atoms with Crippen molar-refractivity contribution in [2.24, 2.45) is 0 Å². The van der Waals surface area contributed by atoms with Crippen LogP contribution in [0.4, 0.5) is 30.7 Å². The fourth-order valence-electron chi connectivity index (χ4n) is 1.50. The first-order valence-electron chi connectivity index (χ1n) is 5.47. The molecule has 3 nitrogen and oxygen atoms in total. The molecule has 2 rings (SSSR count). The monoisotopic (exact) mass is 347 g/mol. The number of rotatable bonds is 3. The second kappa shape index (κ2) is 5.41. The summed E-state index contributed by atoms with van der Waals surface area (Å²) >= 11 is 5.61. The Labute approximate surface area is 123 Å². The van der Waals surface area contributed by atoms with Gasteiger partial charge in [0.05, 0.1) is 10.6 Å². The Kier molecular flexibility index (Phi) is 4.07. The predicted molar refractivity (Wildman–Crippen MR) is 61.3 cm³/mol. The summed E-state index contributed by atoms with van der Waals surface area (Å²) in [6.07, 6.45) is -7.00. The third-order valence-electron chi connectivity index (χ3n) is 2.59. The highest BCUT2D eigenvalue weighted by atomic mass is 35.5. The lowest BCUT2D eigenvalue weighted by molar-refractivity contribution is -0.137. The summed E-state index contributed by atoms with van der Waals surface area (Å²) in [6.45, 7) is 0. The Balaban J connectivity index is 2.40. The summed E-state index contributed by atoms with van der Waals surface area (Å²) in [5, 5.41) is -0.501. The van der Waals surface area contributed by atoms with Crippen LogP contribution in [0.25, 0.3) is 5.82 Å². The van der Waals surface area contributed by atoms with Crippen LogP contribution < -0.4 is 0 Å². The highest BCUT2D eigenvalue weighted by Crippen LogP contribution is 2.35. The van der Waals surface area contributed by atoms with Gasteiger partial charge in [-0.1, -0.05) is 11.6 Å². The van der Waals surface area contributed by atoms with Crippen molar-refractivity contribution in [1.82, 2.24) is 14.5 Å². The van der Waals surface area contributed by atoms with E-state index in [0.717, 1.165) is 4.57 Å². The summed E-state index contributed by atoms with van der Waals surface area (Å²) < 4.78 is 88.7. The van der Waals surface area contributed by atoms with Gasteiger partial charge < -0.3 is 0 Å². The van der Waals surface area contributed by atoms with Gasteiger partial charge in [0.15, 0.2) is 5.82 Å². The average molecular weight is 348 g/mol. The summed E-state index contributed by atoms with van der Waals surface area (Å²) in [4.78, 5) is 6.50. The third kappa shape index (κ3) is 3.01. The minimum atomic E-state index is -4.68. The van der Waals surface area contributed by atoms with E-state index in [1.54, 1.807) is 0 Å². The van der Waals surface area contributed by atoms with Gasteiger partial charge in [-0.05, 0) is 6.07 Å². The zero-order chi connectivity index (χ0) is 16.7. The van der Waals surface area contributed by atoms with E-state index in [4.69, 9.17) is 11.6 Å². The molecule has 0 atom stereocenters. The van der Waals surface area contributed by atoms with Crippen LogP contribution in [0, 0.1) is 0 Å². The van der Waals surface area contributed by atoms with Crippen LogP contribution in [0.3, 0.4) is 0 Å². The Morgan fingerprint density at radius 2 is 1.73 bits per heavy atom. The Morgan fingerprint density at radius 1 is 1.09 bits per heavy atom. The number of alkyl halides is 7. The van der Waals surface area contributed by atoms with Crippen molar-refractivity contribution in [3.05, 3.63) is 41.1 Å². The average Bonchev–Trinajstić information content (AvgIpc) is 2.87. The molecule has 0 N–H and O–H groups in total. The van der Waals surface area contributed by atoms with E-state index in [9.17, 15) is 30.7 Å². The molecule has 0 unspecified atom stereocenters. The maximum Gasteiger partial charge on any atom is 0.417 e. The highest BCUT2D eigenvalue weighted by Gasteiger charge is 2.45. The maximum atomic E-state index is 13.1. The van der Waals surface area contributed by atoms with Crippen LogP contribution in [0.5, 0.6) is 0 Å². The van der Waals surface area contributed by atoms with Crippen LogP contribution in [0.1, 0.15) is 11.3 Å². The lowest BCUT2D eigenvalue weighted by Crippen LogP contribution is -2.23. The first-order valence-corrected chi connectivity index (χ1v) is 5.85. The fraction of sp³-hybridized carbons (Fsp3) is 0.273. The molecule has 22 heavy (non-hydrogen) atoms. The summed E-state index contributed by atoms with van der Waals surface area (Å²) in [7, 11) is 0. The minimum absolute atomic E-state index is 0.349. The molecule has 120 valence electrons. The van der Waals surface area contributed by atoms with Crippen molar-refractivity contribution in [2.75, 3.05) is 0 Å². The lowest BCUT2D eigenvalue weighted by atomic mass is 10.2. The Bertz CT molecular complexity index is 681. The van der Waals surface area contributed by atoms with E-state index in [1.807, 2.05) is 0 Å². The molecule has 0 bridgehead atoms. The van der Waals surface area contributed by atoms with E-state index >= 15 is 0 Å². The fourth-order valence-corrected chi connectivity index (χ4v) is 1.76. The van der Waals surface area contributed by atoms with Crippen LogP contribution in [0.2, 0.25) is 5.02 Å². The highest BCUT2D eigenvalue weighted by molar-refractivity contribution is 6.32. The Morgan fingerprint density at radius 3 is 2.23 bits per heavy atom. The second-order valence-electron chi connectivity index (χ2n) is 4.12. The number of imidazole rings is 1. The van der Waals surface area contributed by atoms with Crippen LogP contribution in [-0.2, 0) is 12.1 Å². The number of aromatic nitrogens is 3. The van der Waals surface area contributed by atoms with Crippen molar-refractivity contribution >= 4 is 11.6 Å². The molecule has 11 heteroatoms. The van der Waals surface area contributed by atoms with Gasteiger partial charge in [-0.3, -0.25) is 4.57 Å². The molecule has 2 aromatic heterocycles. The van der Waals surface area contributed by atoms with Crippen LogP contribution in [0.15, 0.2) is 24.8 Å². The second-order valence-corrected chi connectivity index (χ2v) is 4.52. The normalized spacial score (nSPS) is 13.0. The standard InChI is InChI=1S/C11H5ClF7N3/c12-6-1-5(11(17,18)19)2-20-8(6)22-3-7(21-4-22)10(15,16)9(13)14/h1-4,9H. The molecule has 0 aliphatic carbocycles. The number of halogens is 8. The van der Waals surface area contributed by atoms with Gasteiger partial charge in [0.25, 0.3) is 0 Å². The molecule has 2 aromatic rings. The predicted octanol–water partition coefficient (Wildman–Crippen LogP) is 4.30. The number of pyridine rings is 1. The molecule has 0 saturated heterocycles. The minimum Gasteiger partial charge on any atom is -0.289 e. The molecule has 0 spiro atoms. The zero-order valence-corrected chi connectivity index (χ0v) is 11.0. The Hall–Kier alpha value is -1.84. The van der Waals surface area contributed by atoms with Gasteiger partial charge in [-0.25, -0.2) is 18.7 Å². The summed E-state index contributed by atoms with van der Waals surface area (Å²) in [5.74, 6) is -4.85. The third-order valence-corrected chi connectivity index (χ3v) is 2.87. The molecule has 0 aliphatic rings. The van der Waals surface area contributed by atoms with E-state index in [-0.39, 0.29) is 5.82 Å². The van der Waals surface area contributed by atoms with Crippen molar-refractivity contribution in [2.45, 2.75) is 18.5 Å². The van der Waals surface area contributed by atoms with Gasteiger partial charge in [0, 0.05) is 12.4 Å². The quantitative estimate of drug-likeness (QED) is 0.775. The molecule has 0 aliphatic heterocycles. The van der Waals surface area contributed by atoms with Crippen LogP contribution in [-0.4, -0.2) is 21.0 Å². The summed E-state index contributed by atoms with van der Waals surface area (Å²) in [6, 6.07) is 0.537. The zero-order valence-electron chi connectivity index (χ0n) is 10.3. The molecule has 0 radical (unpaired) electrons. The SMILES string of the molecule is FC(F)C(F)(F)c1cn(-c2ncc(C(F)(F)F)cc2Cl)cn1. The lowest BCUT2D eigenvalue weighted by Gasteiger charge is -2.12. The maximum absolute atomic E-state index is 13.1. The van der Waals surface area contributed by atoms with Gasteiger partial charge in [0.1, 0.15) is 12.0 Å². The molecule has 0 aromatic carbocycles. The molecule has 0 fully saturated rings. The van der Waals surface area contributed by atoms with Gasteiger partial charge >= 0.3 is 18.5 Å². The number of hydrogen-bond acceptors (Lipinski definition) is 2. The van der Waals surface area contributed by atoms with Gasteiger partial charge in [-0.2, -0.15) is 22.0 Å². The first kappa shape index (κ1) is 16.5. The molecule has 0 amide bonds. The van der Waals surface area contributed by atoms with E-state index in [1.165, 1.54) is 0 Å². The topological polar surface area (TPSA) is 30.7 Å². The smallest absolute Gasteiger partial charge is 0.289 e. The van der Waals surface area contributed by atoms with Gasteiger partial charge in [-0.15, -0.1) is 0 Å². The largest absolute Gasteiger partial charge is 0.417 e. The van der Waals surface area contributed by atoms with E-state index in [0.29, 0.717) is 24.8 Å². The van der Waals surface area contributed by atoms with E-state index in [2.05, 4.69) is 9.97 Å². The van der Waals surface area contributed by atoms with E-state index < -0.39 is 34.8 Å². The van der Waals surface area contributed by atoms with Crippen LogP contribution >= 0.6 is 11.6 Å². The van der Waals surface area contributed by atoms with Crippen molar-refractivity contribution in [3.63, 3.8) is 0 Å². The summed E-state index contributed by atoms with van der Waals surface area (Å²) in [5.41, 5.74) is -2.39. The first-order chi connectivity index (χ1) is 10.0. The molecular weight excluding hydrogens is 343 g/mol. The molecule has 2 heterocycles. The molecule has 0 saturated carbocycles. The van der Waals surface area contributed by atoms with Gasteiger partial charge in [0.2, 0.25) is 0 Å². The molecular formula is C11H5ClF7N3. The van der Waals surface area contributed by atoms with Crippen molar-refractivity contribution in [3.8, 4) is 5.82 Å². The van der Waals surface area contributed by atoms with Crippen molar-refractivity contribution in [1.29, 1.82) is 0 Å².